The van der Waals surface area contributed by atoms with E-state index in [1.807, 2.05) is 20.2 Å². The van der Waals surface area contributed by atoms with Gasteiger partial charge >= 0.3 is 0 Å². The Morgan fingerprint density at radius 3 is 2.52 bits per heavy atom. The summed E-state index contributed by atoms with van der Waals surface area (Å²) in [6.45, 7) is 1.96. The van der Waals surface area contributed by atoms with E-state index in [1.165, 1.54) is 4.31 Å². The number of nitrogens with zero attached hydrogens (tertiary/aromatic N) is 4. The smallest absolute Gasteiger partial charge is 0.243 e. The monoisotopic (exact) mass is 398 g/mol. The van der Waals surface area contributed by atoms with Crippen molar-refractivity contribution >= 4 is 31.9 Å². The van der Waals surface area contributed by atoms with Gasteiger partial charge in [0.25, 0.3) is 0 Å². The van der Waals surface area contributed by atoms with Crippen LogP contribution in [0.1, 0.15) is 11.3 Å². The molecule has 0 bridgehead atoms. The van der Waals surface area contributed by atoms with E-state index >= 15 is 0 Å². The minimum absolute atomic E-state index is 0.178. The van der Waals surface area contributed by atoms with Crippen molar-refractivity contribution in [3.05, 3.63) is 46.2 Å². The molecule has 0 aliphatic carbocycles. The predicted molar refractivity (Wildman–Crippen MR) is 93.9 cm³/mol. The van der Waals surface area contributed by atoms with Gasteiger partial charge in [0.05, 0.1) is 17.1 Å². The average molecular weight is 399 g/mol. The van der Waals surface area contributed by atoms with Gasteiger partial charge < -0.3 is 4.90 Å². The van der Waals surface area contributed by atoms with Crippen molar-refractivity contribution in [2.45, 2.75) is 18.4 Å². The van der Waals surface area contributed by atoms with Crippen molar-refractivity contribution in [1.29, 1.82) is 0 Å². The van der Waals surface area contributed by atoms with Gasteiger partial charge in [-0.3, -0.25) is 0 Å². The van der Waals surface area contributed by atoms with E-state index in [0.717, 1.165) is 4.47 Å². The van der Waals surface area contributed by atoms with E-state index in [-0.39, 0.29) is 11.4 Å². The SMILES string of the molecule is Cc1ccc(Br)cc1S(=O)(=O)N(C)Cc1ccnc(N(C)C)n1. The third-order valence-corrected chi connectivity index (χ3v) is 5.76. The molecule has 0 amide bonds. The van der Waals surface area contributed by atoms with Gasteiger partial charge in [0.15, 0.2) is 0 Å². The normalized spacial score (nSPS) is 11.7. The Bertz CT molecular complexity index is 809. The van der Waals surface area contributed by atoms with Crippen LogP contribution in [0.4, 0.5) is 5.95 Å². The fraction of sp³-hybridized carbons (Fsp3) is 0.333. The molecule has 0 aliphatic heterocycles. The van der Waals surface area contributed by atoms with E-state index in [9.17, 15) is 8.42 Å². The number of aromatic nitrogens is 2. The number of anilines is 1. The van der Waals surface area contributed by atoms with E-state index in [2.05, 4.69) is 25.9 Å². The number of aryl methyl sites for hydroxylation is 1. The molecule has 0 N–H and O–H groups in total. The summed E-state index contributed by atoms with van der Waals surface area (Å²) in [4.78, 5) is 10.6. The number of rotatable bonds is 5. The maximum Gasteiger partial charge on any atom is 0.243 e. The van der Waals surface area contributed by atoms with E-state index in [4.69, 9.17) is 0 Å². The second-order valence-corrected chi connectivity index (χ2v) is 8.34. The first-order valence-electron chi connectivity index (χ1n) is 6.93. The molecule has 2 rings (SSSR count). The molecule has 8 heteroatoms. The molecule has 0 saturated heterocycles. The van der Waals surface area contributed by atoms with Crippen molar-refractivity contribution in [2.75, 3.05) is 26.0 Å². The second kappa shape index (κ2) is 6.94. The largest absolute Gasteiger partial charge is 0.347 e. The van der Waals surface area contributed by atoms with Crippen molar-refractivity contribution in [3.8, 4) is 0 Å². The van der Waals surface area contributed by atoms with Gasteiger partial charge in [0.1, 0.15) is 0 Å². The molecule has 23 heavy (non-hydrogen) atoms. The van der Waals surface area contributed by atoms with Crippen molar-refractivity contribution in [3.63, 3.8) is 0 Å². The molecule has 6 nitrogen and oxygen atoms in total. The summed E-state index contributed by atoms with van der Waals surface area (Å²) in [5.74, 6) is 0.548. The Balaban J connectivity index is 2.30. The third kappa shape index (κ3) is 4.07. The molecule has 0 unspecified atom stereocenters. The standard InChI is InChI=1S/C15H19BrN4O2S/c1-11-5-6-12(16)9-14(11)23(21,22)20(4)10-13-7-8-17-15(18-13)19(2)3/h5-9H,10H2,1-4H3. The zero-order chi connectivity index (χ0) is 17.2. The van der Waals surface area contributed by atoms with Gasteiger partial charge in [0, 0.05) is 31.8 Å². The Kier molecular flexibility index (Phi) is 5.38. The highest BCUT2D eigenvalue weighted by Crippen LogP contribution is 2.24. The van der Waals surface area contributed by atoms with Crippen LogP contribution in [-0.4, -0.2) is 43.8 Å². The molecule has 0 saturated carbocycles. The van der Waals surface area contributed by atoms with Crippen LogP contribution in [0.15, 0.2) is 39.8 Å². The van der Waals surface area contributed by atoms with E-state index in [1.54, 1.807) is 43.3 Å². The van der Waals surface area contributed by atoms with Crippen LogP contribution in [0.2, 0.25) is 0 Å². The lowest BCUT2D eigenvalue weighted by atomic mass is 10.2. The first-order chi connectivity index (χ1) is 10.7. The molecule has 0 atom stereocenters. The molecule has 1 heterocycles. The number of hydrogen-bond donors (Lipinski definition) is 0. The zero-order valence-corrected chi connectivity index (χ0v) is 15.9. The van der Waals surface area contributed by atoms with Crippen molar-refractivity contribution in [2.24, 2.45) is 0 Å². The first-order valence-corrected chi connectivity index (χ1v) is 9.17. The quantitative estimate of drug-likeness (QED) is 0.773. The first kappa shape index (κ1) is 17.8. The van der Waals surface area contributed by atoms with Gasteiger partial charge in [-0.05, 0) is 30.7 Å². The molecule has 2 aromatic rings. The molecule has 0 spiro atoms. The molecular formula is C15H19BrN4O2S. The maximum atomic E-state index is 12.8. The summed E-state index contributed by atoms with van der Waals surface area (Å²) in [5, 5.41) is 0. The number of halogens is 1. The van der Waals surface area contributed by atoms with Crippen LogP contribution in [0.5, 0.6) is 0 Å². The highest BCUT2D eigenvalue weighted by molar-refractivity contribution is 9.10. The highest BCUT2D eigenvalue weighted by atomic mass is 79.9. The van der Waals surface area contributed by atoms with Gasteiger partial charge in [-0.2, -0.15) is 4.31 Å². The van der Waals surface area contributed by atoms with Gasteiger partial charge in [-0.25, -0.2) is 18.4 Å². The third-order valence-electron chi connectivity index (χ3n) is 3.32. The van der Waals surface area contributed by atoms with Crippen LogP contribution in [0, 0.1) is 6.92 Å². The lowest BCUT2D eigenvalue weighted by molar-refractivity contribution is 0.461. The minimum atomic E-state index is -3.59. The number of benzene rings is 1. The Morgan fingerprint density at radius 1 is 1.17 bits per heavy atom. The summed E-state index contributed by atoms with van der Waals surface area (Å²) < 4.78 is 27.6. The second-order valence-electron chi connectivity index (χ2n) is 5.41. The van der Waals surface area contributed by atoms with Crippen molar-refractivity contribution < 1.29 is 8.42 Å². The van der Waals surface area contributed by atoms with Gasteiger partial charge in [-0.1, -0.05) is 22.0 Å². The Labute approximate surface area is 145 Å². The van der Waals surface area contributed by atoms with Crippen molar-refractivity contribution in [1.82, 2.24) is 14.3 Å². The highest BCUT2D eigenvalue weighted by Gasteiger charge is 2.23. The Morgan fingerprint density at radius 2 is 1.87 bits per heavy atom. The number of sulfonamides is 1. The summed E-state index contributed by atoms with van der Waals surface area (Å²) >= 11 is 3.32. The Hall–Kier alpha value is -1.51. The molecule has 1 aromatic heterocycles. The molecular weight excluding hydrogens is 380 g/mol. The summed E-state index contributed by atoms with van der Waals surface area (Å²) in [6, 6.07) is 6.93. The predicted octanol–water partition coefficient (Wildman–Crippen LogP) is 2.43. The van der Waals surface area contributed by atoms with E-state index < -0.39 is 10.0 Å². The lowest BCUT2D eigenvalue weighted by Crippen LogP contribution is -2.28. The fourth-order valence-electron chi connectivity index (χ4n) is 2.02. The lowest BCUT2D eigenvalue weighted by Gasteiger charge is -2.19. The molecule has 0 aliphatic rings. The maximum absolute atomic E-state index is 12.8. The molecule has 1 aromatic carbocycles. The minimum Gasteiger partial charge on any atom is -0.347 e. The fourth-order valence-corrected chi connectivity index (χ4v) is 3.92. The zero-order valence-electron chi connectivity index (χ0n) is 13.5. The average Bonchev–Trinajstić information content (AvgIpc) is 2.49. The molecule has 0 radical (unpaired) electrons. The van der Waals surface area contributed by atoms with Crippen LogP contribution in [0.3, 0.4) is 0 Å². The topological polar surface area (TPSA) is 66.4 Å². The van der Waals surface area contributed by atoms with E-state index in [0.29, 0.717) is 17.2 Å². The van der Waals surface area contributed by atoms with Crippen LogP contribution in [-0.2, 0) is 16.6 Å². The summed E-state index contributed by atoms with van der Waals surface area (Å²) in [6.07, 6.45) is 1.63. The van der Waals surface area contributed by atoms with Crippen LogP contribution < -0.4 is 4.90 Å². The number of hydrogen-bond acceptors (Lipinski definition) is 5. The summed E-state index contributed by atoms with van der Waals surface area (Å²) in [5.41, 5.74) is 1.35. The molecule has 124 valence electrons. The molecule has 0 fully saturated rings. The van der Waals surface area contributed by atoms with Crippen LogP contribution >= 0.6 is 15.9 Å². The summed E-state index contributed by atoms with van der Waals surface area (Å²) in [7, 11) is 1.63. The van der Waals surface area contributed by atoms with Gasteiger partial charge in [-0.15, -0.1) is 0 Å². The van der Waals surface area contributed by atoms with Crippen LogP contribution in [0.25, 0.3) is 0 Å². The van der Waals surface area contributed by atoms with Gasteiger partial charge in [0.2, 0.25) is 16.0 Å².